The summed E-state index contributed by atoms with van der Waals surface area (Å²) in [7, 11) is -4.06. The van der Waals surface area contributed by atoms with Crippen LogP contribution >= 0.6 is 0 Å². The monoisotopic (exact) mass is 491 g/mol. The van der Waals surface area contributed by atoms with Gasteiger partial charge in [-0.05, 0) is 61.2 Å². The Hall–Kier alpha value is -3.82. The van der Waals surface area contributed by atoms with Crippen LogP contribution in [0.4, 0.5) is 11.4 Å². The molecule has 1 unspecified atom stereocenters. The summed E-state index contributed by atoms with van der Waals surface area (Å²) in [6.45, 7) is 1.43. The molecule has 3 aromatic rings. The molecule has 180 valence electrons. The van der Waals surface area contributed by atoms with E-state index < -0.39 is 22.0 Å². The van der Waals surface area contributed by atoms with E-state index in [1.165, 1.54) is 19.1 Å². The lowest BCUT2D eigenvalue weighted by atomic mass is 10.0. The maximum Gasteiger partial charge on any atom is 0.242 e. The second-order valence-corrected chi connectivity index (χ2v) is 10.1. The molecule has 0 saturated carbocycles. The van der Waals surface area contributed by atoms with E-state index in [2.05, 4.69) is 15.4 Å². The summed E-state index contributed by atoms with van der Waals surface area (Å²) in [5, 5.41) is 5.45. The number of anilines is 2. The zero-order chi connectivity index (χ0) is 25.0. The van der Waals surface area contributed by atoms with Crippen molar-refractivity contribution >= 4 is 39.0 Å². The van der Waals surface area contributed by atoms with Crippen LogP contribution in [0.1, 0.15) is 34.8 Å². The van der Waals surface area contributed by atoms with E-state index in [9.17, 15) is 22.8 Å². The fraction of sp³-hybridized carbons (Fsp3) is 0.192. The van der Waals surface area contributed by atoms with Crippen molar-refractivity contribution in [1.82, 2.24) is 4.72 Å². The number of hydrogen-bond acceptors (Lipinski definition) is 5. The highest BCUT2D eigenvalue weighted by Gasteiger charge is 2.27. The van der Waals surface area contributed by atoms with Gasteiger partial charge in [0.2, 0.25) is 21.8 Å². The summed E-state index contributed by atoms with van der Waals surface area (Å²) < 4.78 is 29.1. The van der Waals surface area contributed by atoms with E-state index in [-0.39, 0.29) is 29.4 Å². The molecule has 0 fully saturated rings. The van der Waals surface area contributed by atoms with Crippen molar-refractivity contribution in [2.24, 2.45) is 0 Å². The van der Waals surface area contributed by atoms with Crippen LogP contribution in [0.2, 0.25) is 0 Å². The Morgan fingerprint density at radius 2 is 1.74 bits per heavy atom. The average molecular weight is 492 g/mol. The van der Waals surface area contributed by atoms with E-state index in [1.807, 2.05) is 30.3 Å². The Labute approximate surface area is 203 Å². The first-order chi connectivity index (χ1) is 16.7. The van der Waals surface area contributed by atoms with Gasteiger partial charge in [0.25, 0.3) is 0 Å². The fourth-order valence-corrected chi connectivity index (χ4v) is 5.11. The van der Waals surface area contributed by atoms with Gasteiger partial charge in [0.1, 0.15) is 6.04 Å². The van der Waals surface area contributed by atoms with E-state index in [0.717, 1.165) is 11.1 Å². The molecule has 0 aliphatic carbocycles. The van der Waals surface area contributed by atoms with Gasteiger partial charge in [-0.25, -0.2) is 8.42 Å². The van der Waals surface area contributed by atoms with Crippen molar-refractivity contribution in [1.29, 1.82) is 0 Å². The molecule has 1 atom stereocenters. The third-order valence-electron chi connectivity index (χ3n) is 5.72. The van der Waals surface area contributed by atoms with Gasteiger partial charge in [-0.3, -0.25) is 14.4 Å². The molecule has 1 aliphatic heterocycles. The average Bonchev–Trinajstić information content (AvgIpc) is 2.84. The van der Waals surface area contributed by atoms with E-state index in [4.69, 9.17) is 0 Å². The number of nitrogens with one attached hydrogen (secondary N) is 3. The fourth-order valence-electron chi connectivity index (χ4n) is 3.87. The molecule has 8 nitrogen and oxygen atoms in total. The Morgan fingerprint density at radius 1 is 0.971 bits per heavy atom. The van der Waals surface area contributed by atoms with Crippen molar-refractivity contribution in [3.8, 4) is 0 Å². The Bertz CT molecular complexity index is 1390. The van der Waals surface area contributed by atoms with Gasteiger partial charge >= 0.3 is 0 Å². The molecule has 0 saturated heterocycles. The highest BCUT2D eigenvalue weighted by Crippen LogP contribution is 2.26. The van der Waals surface area contributed by atoms with Crippen molar-refractivity contribution in [3.05, 3.63) is 89.5 Å². The predicted molar refractivity (Wildman–Crippen MR) is 133 cm³/mol. The number of carbonyl (C=O) groups is 3. The van der Waals surface area contributed by atoms with Crippen LogP contribution in [0.25, 0.3) is 0 Å². The minimum atomic E-state index is -4.06. The summed E-state index contributed by atoms with van der Waals surface area (Å²) >= 11 is 0. The predicted octanol–water partition coefficient (Wildman–Crippen LogP) is 3.30. The van der Waals surface area contributed by atoms with Gasteiger partial charge < -0.3 is 10.6 Å². The molecule has 0 bridgehead atoms. The summed E-state index contributed by atoms with van der Waals surface area (Å²) in [5.41, 5.74) is 2.91. The maximum absolute atomic E-state index is 13.3. The number of Topliss-reactive ketones (excluding diaryl/α,β-unsaturated/α-hetero) is 1. The number of sulfonamides is 1. The van der Waals surface area contributed by atoms with E-state index in [1.54, 1.807) is 30.3 Å². The van der Waals surface area contributed by atoms with Crippen LogP contribution in [0.3, 0.4) is 0 Å². The Balaban J connectivity index is 1.60. The summed E-state index contributed by atoms with van der Waals surface area (Å²) in [6, 6.07) is 18.9. The number of amides is 2. The van der Waals surface area contributed by atoms with Gasteiger partial charge in [-0.2, -0.15) is 4.72 Å². The normalized spacial score (nSPS) is 13.9. The third kappa shape index (κ3) is 6.00. The molecule has 1 aliphatic rings. The zero-order valence-electron chi connectivity index (χ0n) is 19.1. The molecule has 2 amide bonds. The molecular weight excluding hydrogens is 466 g/mol. The molecule has 1 heterocycles. The topological polar surface area (TPSA) is 121 Å². The zero-order valence-corrected chi connectivity index (χ0v) is 19.9. The maximum atomic E-state index is 13.3. The second kappa shape index (κ2) is 10.2. The number of aryl methyl sites for hydroxylation is 1. The van der Waals surface area contributed by atoms with Gasteiger partial charge in [0.15, 0.2) is 5.78 Å². The van der Waals surface area contributed by atoms with Gasteiger partial charge in [0.05, 0.1) is 4.90 Å². The van der Waals surface area contributed by atoms with Crippen molar-refractivity contribution in [3.63, 3.8) is 0 Å². The summed E-state index contributed by atoms with van der Waals surface area (Å²) in [4.78, 5) is 36.5. The molecule has 0 aromatic heterocycles. The van der Waals surface area contributed by atoms with E-state index >= 15 is 0 Å². The first-order valence-corrected chi connectivity index (χ1v) is 12.6. The standard InChI is InChI=1S/C26H25N3O5S/c1-17(30)19-8-5-9-21(15-19)27-26(32)24(14-18-6-3-2-4-7-18)29-35(33,34)22-11-12-23-20(16-22)10-13-25(31)28-23/h2-9,11-12,15-16,24,29H,10,13-14H2,1H3,(H,27,32)(H,28,31). The number of hydrogen-bond donors (Lipinski definition) is 3. The van der Waals surface area contributed by atoms with Crippen molar-refractivity contribution in [2.75, 3.05) is 10.6 Å². The minimum Gasteiger partial charge on any atom is -0.326 e. The lowest BCUT2D eigenvalue weighted by Crippen LogP contribution is -2.45. The lowest BCUT2D eigenvalue weighted by molar-refractivity contribution is -0.118. The molecule has 3 N–H and O–H groups in total. The molecule has 0 radical (unpaired) electrons. The van der Waals surface area contributed by atoms with Crippen LogP contribution in [-0.4, -0.2) is 32.1 Å². The number of rotatable bonds is 8. The summed E-state index contributed by atoms with van der Waals surface area (Å²) in [6.07, 6.45) is 0.840. The second-order valence-electron chi connectivity index (χ2n) is 8.36. The number of benzene rings is 3. The van der Waals surface area contributed by atoms with Crippen LogP contribution in [0, 0.1) is 0 Å². The molecule has 4 rings (SSSR count). The molecule has 0 spiro atoms. The molecular formula is C26H25N3O5S. The van der Waals surface area contributed by atoms with Crippen LogP contribution in [0.15, 0.2) is 77.7 Å². The highest BCUT2D eigenvalue weighted by atomic mass is 32.2. The van der Waals surface area contributed by atoms with Gasteiger partial charge in [0, 0.05) is 23.4 Å². The first-order valence-electron chi connectivity index (χ1n) is 11.1. The SMILES string of the molecule is CC(=O)c1cccc(NC(=O)C(Cc2ccccc2)NS(=O)(=O)c2ccc3c(c2)CCC(=O)N3)c1. The lowest BCUT2D eigenvalue weighted by Gasteiger charge is -2.21. The largest absolute Gasteiger partial charge is 0.326 e. The van der Waals surface area contributed by atoms with Crippen molar-refractivity contribution in [2.45, 2.75) is 37.1 Å². The quantitative estimate of drug-likeness (QED) is 0.418. The van der Waals surface area contributed by atoms with Gasteiger partial charge in [-0.1, -0.05) is 42.5 Å². The third-order valence-corrected chi connectivity index (χ3v) is 7.19. The minimum absolute atomic E-state index is 0.0110. The highest BCUT2D eigenvalue weighted by molar-refractivity contribution is 7.89. The number of fused-ring (bicyclic) bond motifs is 1. The van der Waals surface area contributed by atoms with Crippen LogP contribution < -0.4 is 15.4 Å². The van der Waals surface area contributed by atoms with Gasteiger partial charge in [-0.15, -0.1) is 0 Å². The van der Waals surface area contributed by atoms with E-state index in [0.29, 0.717) is 23.4 Å². The Kier molecular flexibility index (Phi) is 7.09. The molecule has 9 heteroatoms. The molecule has 35 heavy (non-hydrogen) atoms. The number of ketones is 1. The Morgan fingerprint density at radius 3 is 2.49 bits per heavy atom. The van der Waals surface area contributed by atoms with Crippen LogP contribution in [0.5, 0.6) is 0 Å². The summed E-state index contributed by atoms with van der Waals surface area (Å²) in [5.74, 6) is -0.811. The molecule has 3 aromatic carbocycles. The first kappa shape index (κ1) is 24.3. The smallest absolute Gasteiger partial charge is 0.242 e. The van der Waals surface area contributed by atoms with Crippen LogP contribution in [-0.2, 0) is 32.5 Å². The van der Waals surface area contributed by atoms with Crippen molar-refractivity contribution < 1.29 is 22.8 Å². The number of carbonyl (C=O) groups excluding carboxylic acids is 3.